The lowest BCUT2D eigenvalue weighted by Crippen LogP contribution is -2.02. The number of hydrogen-bond acceptors (Lipinski definition) is 5. The summed E-state index contributed by atoms with van der Waals surface area (Å²) in [5, 5.41) is 8.45. The molecule has 2 N–H and O–H groups in total. The average molecular weight is 314 g/mol. The second kappa shape index (κ2) is 6.18. The Balaban J connectivity index is 1.90. The SMILES string of the molecule is NCCc1nnc(SCc2ccc(Br)cc2)o1. The molecule has 1 aromatic carbocycles. The van der Waals surface area contributed by atoms with Crippen molar-refractivity contribution in [2.45, 2.75) is 17.4 Å². The minimum absolute atomic E-state index is 0.527. The van der Waals surface area contributed by atoms with E-state index in [9.17, 15) is 0 Å². The maximum atomic E-state index is 5.42. The molecule has 0 unspecified atom stereocenters. The highest BCUT2D eigenvalue weighted by Gasteiger charge is 2.05. The number of thioether (sulfide) groups is 1. The van der Waals surface area contributed by atoms with Gasteiger partial charge < -0.3 is 10.2 Å². The Hall–Kier alpha value is -0.850. The predicted molar refractivity (Wildman–Crippen MR) is 70.8 cm³/mol. The first-order valence-electron chi connectivity index (χ1n) is 5.17. The molecule has 2 rings (SSSR count). The third kappa shape index (κ3) is 3.83. The highest BCUT2D eigenvalue weighted by molar-refractivity contribution is 9.10. The van der Waals surface area contributed by atoms with E-state index in [4.69, 9.17) is 10.2 Å². The number of nitrogens with zero attached hydrogens (tertiary/aromatic N) is 2. The molecule has 0 spiro atoms. The summed E-state index contributed by atoms with van der Waals surface area (Å²) in [5.74, 6) is 1.42. The molecule has 0 aliphatic heterocycles. The maximum absolute atomic E-state index is 5.42. The van der Waals surface area contributed by atoms with Crippen molar-refractivity contribution in [3.8, 4) is 0 Å². The van der Waals surface area contributed by atoms with Crippen molar-refractivity contribution in [1.82, 2.24) is 10.2 Å². The van der Waals surface area contributed by atoms with Gasteiger partial charge in [-0.1, -0.05) is 39.8 Å². The van der Waals surface area contributed by atoms with E-state index in [1.807, 2.05) is 12.1 Å². The summed E-state index contributed by atoms with van der Waals surface area (Å²) < 4.78 is 6.50. The zero-order valence-electron chi connectivity index (χ0n) is 9.10. The number of aromatic nitrogens is 2. The highest BCUT2D eigenvalue weighted by atomic mass is 79.9. The predicted octanol–water partition coefficient (Wildman–Crippen LogP) is 2.63. The van der Waals surface area contributed by atoms with Crippen molar-refractivity contribution in [3.05, 3.63) is 40.2 Å². The Kier molecular flexibility index (Phi) is 4.58. The highest BCUT2D eigenvalue weighted by Crippen LogP contribution is 2.22. The zero-order chi connectivity index (χ0) is 12.1. The molecule has 1 aromatic heterocycles. The van der Waals surface area contributed by atoms with Gasteiger partial charge in [-0.25, -0.2) is 0 Å². The Morgan fingerprint density at radius 1 is 1.24 bits per heavy atom. The van der Waals surface area contributed by atoms with Crippen LogP contribution in [0.2, 0.25) is 0 Å². The molecular formula is C11H12BrN3OS. The molecule has 17 heavy (non-hydrogen) atoms. The number of rotatable bonds is 5. The van der Waals surface area contributed by atoms with Gasteiger partial charge >= 0.3 is 0 Å². The van der Waals surface area contributed by atoms with E-state index in [0.29, 0.717) is 24.1 Å². The van der Waals surface area contributed by atoms with Crippen LogP contribution < -0.4 is 5.73 Å². The average Bonchev–Trinajstić information content (AvgIpc) is 2.77. The first-order chi connectivity index (χ1) is 8.28. The van der Waals surface area contributed by atoms with Crippen molar-refractivity contribution >= 4 is 27.7 Å². The van der Waals surface area contributed by atoms with Crippen molar-refractivity contribution in [3.63, 3.8) is 0 Å². The van der Waals surface area contributed by atoms with Crippen LogP contribution in [0.4, 0.5) is 0 Å². The fourth-order valence-corrected chi connectivity index (χ4v) is 2.25. The van der Waals surface area contributed by atoms with Crippen LogP contribution in [0, 0.1) is 0 Å². The van der Waals surface area contributed by atoms with E-state index < -0.39 is 0 Å². The molecule has 0 saturated carbocycles. The van der Waals surface area contributed by atoms with Gasteiger partial charge in [-0.15, -0.1) is 10.2 Å². The van der Waals surface area contributed by atoms with Gasteiger partial charge in [-0.05, 0) is 17.7 Å². The summed E-state index contributed by atoms with van der Waals surface area (Å²) in [6.07, 6.45) is 0.631. The fourth-order valence-electron chi connectivity index (χ4n) is 1.25. The van der Waals surface area contributed by atoms with Gasteiger partial charge in [-0.2, -0.15) is 0 Å². The van der Waals surface area contributed by atoms with Crippen LogP contribution in [0.5, 0.6) is 0 Å². The molecule has 0 aliphatic carbocycles. The lowest BCUT2D eigenvalue weighted by molar-refractivity contribution is 0.414. The second-order valence-corrected chi connectivity index (χ2v) is 5.26. The first kappa shape index (κ1) is 12.6. The van der Waals surface area contributed by atoms with E-state index >= 15 is 0 Å². The van der Waals surface area contributed by atoms with E-state index in [-0.39, 0.29) is 0 Å². The van der Waals surface area contributed by atoms with Crippen LogP contribution in [-0.4, -0.2) is 16.7 Å². The molecule has 1 heterocycles. The van der Waals surface area contributed by atoms with E-state index in [1.165, 1.54) is 17.3 Å². The van der Waals surface area contributed by atoms with Crippen molar-refractivity contribution in [2.24, 2.45) is 5.73 Å². The second-order valence-electron chi connectivity index (χ2n) is 3.42. The van der Waals surface area contributed by atoms with Crippen LogP contribution in [-0.2, 0) is 12.2 Å². The van der Waals surface area contributed by atoms with Crippen molar-refractivity contribution in [1.29, 1.82) is 0 Å². The zero-order valence-corrected chi connectivity index (χ0v) is 11.5. The number of hydrogen-bond donors (Lipinski definition) is 1. The molecule has 0 bridgehead atoms. The summed E-state index contributed by atoms with van der Waals surface area (Å²) in [5.41, 5.74) is 6.63. The Morgan fingerprint density at radius 2 is 2.00 bits per heavy atom. The molecule has 0 amide bonds. The van der Waals surface area contributed by atoms with Gasteiger partial charge in [0.2, 0.25) is 5.89 Å². The molecule has 2 aromatic rings. The normalized spacial score (nSPS) is 10.7. The molecule has 0 saturated heterocycles. The van der Waals surface area contributed by atoms with Gasteiger partial charge in [-0.3, -0.25) is 0 Å². The standard InChI is InChI=1S/C11H12BrN3OS/c12-9-3-1-8(2-4-9)7-17-11-15-14-10(16-11)5-6-13/h1-4H,5-7,13H2. The van der Waals surface area contributed by atoms with Gasteiger partial charge in [0.15, 0.2) is 0 Å². The largest absolute Gasteiger partial charge is 0.416 e. The first-order valence-corrected chi connectivity index (χ1v) is 6.95. The summed E-state index contributed by atoms with van der Waals surface area (Å²) >= 11 is 4.93. The van der Waals surface area contributed by atoms with Gasteiger partial charge in [0, 0.05) is 23.2 Å². The Labute approximate surface area is 112 Å². The minimum atomic E-state index is 0.527. The van der Waals surface area contributed by atoms with Gasteiger partial charge in [0.05, 0.1) is 0 Å². The summed E-state index contributed by atoms with van der Waals surface area (Å²) in [4.78, 5) is 0. The smallest absolute Gasteiger partial charge is 0.276 e. The van der Waals surface area contributed by atoms with Crippen LogP contribution in [0.3, 0.4) is 0 Å². The third-order valence-electron chi connectivity index (χ3n) is 2.08. The fraction of sp³-hybridized carbons (Fsp3) is 0.273. The number of nitrogens with two attached hydrogens (primary N) is 1. The maximum Gasteiger partial charge on any atom is 0.276 e. The topological polar surface area (TPSA) is 64.9 Å². The third-order valence-corrected chi connectivity index (χ3v) is 3.50. The molecule has 6 heteroatoms. The molecule has 0 radical (unpaired) electrons. The number of benzene rings is 1. The van der Waals surface area contributed by atoms with Crippen LogP contribution >= 0.6 is 27.7 Å². The monoisotopic (exact) mass is 313 g/mol. The molecule has 0 aliphatic rings. The quantitative estimate of drug-likeness (QED) is 0.860. The molecule has 4 nitrogen and oxygen atoms in total. The minimum Gasteiger partial charge on any atom is -0.416 e. The van der Waals surface area contributed by atoms with E-state index in [2.05, 4.69) is 38.3 Å². The molecule has 0 fully saturated rings. The van der Waals surface area contributed by atoms with E-state index in [0.717, 1.165) is 10.2 Å². The lowest BCUT2D eigenvalue weighted by Gasteiger charge is -1.98. The Bertz CT molecular complexity index is 472. The number of halogens is 1. The van der Waals surface area contributed by atoms with E-state index in [1.54, 1.807) is 0 Å². The van der Waals surface area contributed by atoms with Crippen molar-refractivity contribution < 1.29 is 4.42 Å². The molecular weight excluding hydrogens is 302 g/mol. The molecule has 0 atom stereocenters. The van der Waals surface area contributed by atoms with Crippen LogP contribution in [0.25, 0.3) is 0 Å². The Morgan fingerprint density at radius 3 is 2.71 bits per heavy atom. The van der Waals surface area contributed by atoms with Crippen LogP contribution in [0.15, 0.2) is 38.4 Å². The summed E-state index contributed by atoms with van der Waals surface area (Å²) in [7, 11) is 0. The molecule has 90 valence electrons. The lowest BCUT2D eigenvalue weighted by atomic mass is 10.2. The summed E-state index contributed by atoms with van der Waals surface area (Å²) in [6.45, 7) is 0.527. The van der Waals surface area contributed by atoms with Gasteiger partial charge in [0.1, 0.15) is 0 Å². The van der Waals surface area contributed by atoms with Crippen LogP contribution in [0.1, 0.15) is 11.5 Å². The van der Waals surface area contributed by atoms with Crippen molar-refractivity contribution in [2.75, 3.05) is 6.54 Å². The summed E-state index contributed by atoms with van der Waals surface area (Å²) in [6, 6.07) is 8.16. The van der Waals surface area contributed by atoms with Gasteiger partial charge in [0.25, 0.3) is 5.22 Å².